The lowest BCUT2D eigenvalue weighted by Crippen LogP contribution is -2.52. The van der Waals surface area contributed by atoms with E-state index in [1.54, 1.807) is 0 Å². The number of benzene rings is 1. The summed E-state index contributed by atoms with van der Waals surface area (Å²) in [5.41, 5.74) is -0.416. The number of hydrogen-bond donors (Lipinski definition) is 2. The van der Waals surface area contributed by atoms with Gasteiger partial charge in [0.2, 0.25) is 5.91 Å². The highest BCUT2D eigenvalue weighted by Gasteiger charge is 2.31. The third-order valence-electron chi connectivity index (χ3n) is 5.64. The number of nitrogens with one attached hydrogen (secondary N) is 2. The molecule has 0 aliphatic carbocycles. The molecule has 2 heterocycles. The van der Waals surface area contributed by atoms with Crippen molar-refractivity contribution in [1.29, 1.82) is 0 Å². The van der Waals surface area contributed by atoms with Gasteiger partial charge in [0.25, 0.3) is 5.91 Å². The molecule has 2 aromatic rings. The smallest absolute Gasteiger partial charge is 0.416 e. The summed E-state index contributed by atoms with van der Waals surface area (Å²) in [5.74, 6) is -1.12. The lowest BCUT2D eigenvalue weighted by Gasteiger charge is -2.24. The van der Waals surface area contributed by atoms with Crippen LogP contribution in [0.15, 0.2) is 40.8 Å². The number of ketones is 1. The van der Waals surface area contributed by atoms with Gasteiger partial charge in [-0.05, 0) is 55.9 Å². The van der Waals surface area contributed by atoms with Crippen molar-refractivity contribution in [2.75, 3.05) is 13.2 Å². The molecule has 1 fully saturated rings. The van der Waals surface area contributed by atoms with Crippen LogP contribution >= 0.6 is 0 Å². The Morgan fingerprint density at radius 2 is 1.80 bits per heavy atom. The van der Waals surface area contributed by atoms with E-state index < -0.39 is 35.6 Å². The average molecular weight is 495 g/mol. The molecule has 0 bridgehead atoms. The third-order valence-corrected chi connectivity index (χ3v) is 5.64. The Balaban J connectivity index is 1.68. The van der Waals surface area contributed by atoms with Crippen LogP contribution in [0.4, 0.5) is 13.2 Å². The van der Waals surface area contributed by atoms with E-state index in [9.17, 15) is 27.6 Å². The molecule has 2 atom stereocenters. The first kappa shape index (κ1) is 26.5. The van der Waals surface area contributed by atoms with Crippen LogP contribution < -0.4 is 10.6 Å². The Kier molecular flexibility index (Phi) is 8.71. The fraction of sp³-hybridized carbons (Fsp3) is 0.480. The van der Waals surface area contributed by atoms with E-state index in [4.69, 9.17) is 9.15 Å². The summed E-state index contributed by atoms with van der Waals surface area (Å²) in [6.45, 7) is 4.25. The number of carbonyl (C=O) groups is 3. The Hall–Kier alpha value is -3.14. The number of Topliss-reactive ketones (excluding diaryl/α,β-unsaturated/α-hetero) is 1. The minimum atomic E-state index is -4.45. The highest BCUT2D eigenvalue weighted by Crippen LogP contribution is 2.31. The summed E-state index contributed by atoms with van der Waals surface area (Å²) < 4.78 is 49.2. The highest BCUT2D eigenvalue weighted by molar-refractivity contribution is 5.97. The average Bonchev–Trinajstić information content (AvgIpc) is 3.28. The lowest BCUT2D eigenvalue weighted by molar-refractivity contribution is -0.137. The van der Waals surface area contributed by atoms with E-state index in [1.807, 2.05) is 13.8 Å². The van der Waals surface area contributed by atoms with E-state index in [1.165, 1.54) is 24.3 Å². The summed E-state index contributed by atoms with van der Waals surface area (Å²) in [7, 11) is 0. The summed E-state index contributed by atoms with van der Waals surface area (Å²) in [6.07, 6.45) is -2.08. The topological polar surface area (TPSA) is 97.6 Å². The molecule has 7 nitrogen and oxygen atoms in total. The summed E-state index contributed by atoms with van der Waals surface area (Å²) in [6, 6.07) is 5.67. The van der Waals surface area contributed by atoms with Crippen LogP contribution in [0, 0.1) is 5.92 Å². The molecule has 2 amide bonds. The first-order valence-electron chi connectivity index (χ1n) is 11.5. The van der Waals surface area contributed by atoms with Crippen LogP contribution in [0.3, 0.4) is 0 Å². The molecule has 1 aromatic carbocycles. The van der Waals surface area contributed by atoms with Gasteiger partial charge in [0.15, 0.2) is 11.5 Å². The van der Waals surface area contributed by atoms with Crippen LogP contribution in [0.5, 0.6) is 0 Å². The molecule has 1 aliphatic heterocycles. The van der Waals surface area contributed by atoms with E-state index in [-0.39, 0.29) is 29.8 Å². The molecular weight excluding hydrogens is 465 g/mol. The molecule has 0 saturated carbocycles. The van der Waals surface area contributed by atoms with Gasteiger partial charge in [-0.15, -0.1) is 0 Å². The van der Waals surface area contributed by atoms with Crippen molar-refractivity contribution in [2.24, 2.45) is 5.92 Å². The first-order chi connectivity index (χ1) is 16.5. The van der Waals surface area contributed by atoms with Crippen LogP contribution in [0.2, 0.25) is 0 Å². The Labute approximate surface area is 201 Å². The predicted octanol–water partition coefficient (Wildman–Crippen LogP) is 4.36. The molecule has 1 aliphatic rings. The monoisotopic (exact) mass is 494 g/mol. The molecule has 10 heteroatoms. The van der Waals surface area contributed by atoms with Gasteiger partial charge in [0.1, 0.15) is 18.4 Å². The van der Waals surface area contributed by atoms with Crippen molar-refractivity contribution in [1.82, 2.24) is 10.6 Å². The van der Waals surface area contributed by atoms with E-state index in [2.05, 4.69) is 10.6 Å². The van der Waals surface area contributed by atoms with Crippen molar-refractivity contribution in [3.63, 3.8) is 0 Å². The maximum atomic E-state index is 13.0. The molecule has 1 aromatic heterocycles. The quantitative estimate of drug-likeness (QED) is 0.596. The van der Waals surface area contributed by atoms with Crippen molar-refractivity contribution >= 4 is 17.6 Å². The molecule has 1 saturated heterocycles. The molecule has 2 N–H and O–H groups in total. The zero-order valence-corrected chi connectivity index (χ0v) is 19.6. The van der Waals surface area contributed by atoms with Gasteiger partial charge >= 0.3 is 6.18 Å². The normalized spacial score (nSPS) is 18.0. The van der Waals surface area contributed by atoms with Gasteiger partial charge in [-0.3, -0.25) is 14.4 Å². The molecule has 0 unspecified atom stereocenters. The fourth-order valence-electron chi connectivity index (χ4n) is 3.78. The molecule has 3 rings (SSSR count). The van der Waals surface area contributed by atoms with Gasteiger partial charge in [-0.2, -0.15) is 13.2 Å². The van der Waals surface area contributed by atoms with Gasteiger partial charge in [-0.1, -0.05) is 26.0 Å². The number of hydrogen-bond acceptors (Lipinski definition) is 5. The fourth-order valence-corrected chi connectivity index (χ4v) is 3.78. The number of ether oxygens (including phenoxy) is 1. The molecule has 35 heavy (non-hydrogen) atoms. The Bertz CT molecular complexity index is 1030. The standard InChI is InChI=1S/C25H29F3N2O5/c1-15(2)13-19(23(32)29-18-5-3-4-12-34-14-20(18)31)30-24(33)22-11-10-21(35-22)16-6-8-17(9-7-16)25(26,27)28/h6-11,15,18-19H,3-5,12-14H2,1-2H3,(H,29,32)(H,30,33)/t18-,19-/m0/s1. The Morgan fingerprint density at radius 3 is 2.46 bits per heavy atom. The number of furan rings is 1. The van der Waals surface area contributed by atoms with Crippen LogP contribution in [0.25, 0.3) is 11.3 Å². The maximum Gasteiger partial charge on any atom is 0.416 e. The number of amides is 2. The SMILES string of the molecule is CC(C)C[C@H](NC(=O)c1ccc(-c2ccc(C(F)(F)F)cc2)o1)C(=O)N[C@H]1CCCCOCC1=O. The van der Waals surface area contributed by atoms with Crippen LogP contribution in [-0.2, 0) is 20.5 Å². The van der Waals surface area contributed by atoms with Crippen molar-refractivity contribution in [3.8, 4) is 11.3 Å². The van der Waals surface area contributed by atoms with E-state index in [0.29, 0.717) is 25.0 Å². The predicted molar refractivity (Wildman–Crippen MR) is 121 cm³/mol. The van der Waals surface area contributed by atoms with Crippen LogP contribution in [-0.4, -0.2) is 42.9 Å². The van der Waals surface area contributed by atoms with Gasteiger partial charge in [-0.25, -0.2) is 0 Å². The largest absolute Gasteiger partial charge is 0.451 e. The van der Waals surface area contributed by atoms with Crippen LogP contribution in [0.1, 0.15) is 55.6 Å². The van der Waals surface area contributed by atoms with E-state index in [0.717, 1.165) is 25.0 Å². The van der Waals surface area contributed by atoms with E-state index >= 15 is 0 Å². The second-order valence-electron chi connectivity index (χ2n) is 8.97. The summed E-state index contributed by atoms with van der Waals surface area (Å²) >= 11 is 0. The van der Waals surface area contributed by atoms with Crippen molar-refractivity contribution < 1.29 is 36.7 Å². The molecule has 0 radical (unpaired) electrons. The lowest BCUT2D eigenvalue weighted by atomic mass is 10.0. The second kappa shape index (κ2) is 11.5. The Morgan fingerprint density at radius 1 is 1.09 bits per heavy atom. The summed E-state index contributed by atoms with van der Waals surface area (Å²) in [4.78, 5) is 38.1. The number of alkyl halides is 3. The first-order valence-corrected chi connectivity index (χ1v) is 11.5. The van der Waals surface area contributed by atoms with Gasteiger partial charge in [0, 0.05) is 12.2 Å². The number of halogens is 3. The zero-order valence-electron chi connectivity index (χ0n) is 19.6. The second-order valence-corrected chi connectivity index (χ2v) is 8.97. The summed E-state index contributed by atoms with van der Waals surface area (Å²) in [5, 5.41) is 5.40. The minimum absolute atomic E-state index is 0.0642. The molecular formula is C25H29F3N2O5. The zero-order chi connectivity index (χ0) is 25.6. The van der Waals surface area contributed by atoms with Crippen molar-refractivity contribution in [2.45, 2.75) is 57.8 Å². The van der Waals surface area contributed by atoms with Crippen molar-refractivity contribution in [3.05, 3.63) is 47.7 Å². The maximum absolute atomic E-state index is 13.0. The molecule has 190 valence electrons. The number of carbonyl (C=O) groups excluding carboxylic acids is 3. The molecule has 0 spiro atoms. The third kappa shape index (κ3) is 7.42. The van der Waals surface area contributed by atoms with Gasteiger partial charge in [0.05, 0.1) is 11.6 Å². The number of rotatable bonds is 7. The minimum Gasteiger partial charge on any atom is -0.451 e. The highest BCUT2D eigenvalue weighted by atomic mass is 19.4. The van der Waals surface area contributed by atoms with Gasteiger partial charge < -0.3 is 19.8 Å².